The van der Waals surface area contributed by atoms with Crippen molar-refractivity contribution in [1.82, 2.24) is 25.6 Å². The number of carbonyl (C=O) groups is 2. The summed E-state index contributed by atoms with van der Waals surface area (Å²) in [4.78, 5) is 35.7. The van der Waals surface area contributed by atoms with E-state index in [2.05, 4.69) is 25.6 Å². The standard InChI is InChI=1S/C14H17N7O2S/c1-2-17-13(23)18-10(22)9(8-6-4-3-5-7-8)24-14-20-11(15)19-12(16)21-14/h3-7,9H,2H2,1H3,(H2,17,18,22,23)(H4,15,16,19,20,21)/t9-/m1/s1. The summed E-state index contributed by atoms with van der Waals surface area (Å²) in [6, 6.07) is 8.37. The number of imide groups is 1. The Morgan fingerprint density at radius 2 is 1.75 bits per heavy atom. The Morgan fingerprint density at radius 3 is 2.33 bits per heavy atom. The summed E-state index contributed by atoms with van der Waals surface area (Å²) in [5.74, 6) is -0.586. The maximum atomic E-state index is 12.5. The number of thioether (sulfide) groups is 1. The largest absolute Gasteiger partial charge is 0.368 e. The second-order valence-corrected chi connectivity index (χ2v) is 5.66. The smallest absolute Gasteiger partial charge is 0.321 e. The van der Waals surface area contributed by atoms with Crippen LogP contribution >= 0.6 is 11.8 Å². The van der Waals surface area contributed by atoms with E-state index in [0.717, 1.165) is 11.8 Å². The summed E-state index contributed by atoms with van der Waals surface area (Å²) in [5.41, 5.74) is 11.8. The van der Waals surface area contributed by atoms with Gasteiger partial charge < -0.3 is 16.8 Å². The van der Waals surface area contributed by atoms with Gasteiger partial charge in [-0.2, -0.15) is 15.0 Å². The summed E-state index contributed by atoms with van der Waals surface area (Å²) >= 11 is 1.02. The molecule has 0 aliphatic heterocycles. The Bertz CT molecular complexity index is 706. The van der Waals surface area contributed by atoms with Crippen LogP contribution in [0.25, 0.3) is 0 Å². The lowest BCUT2D eigenvalue weighted by Crippen LogP contribution is -2.41. The van der Waals surface area contributed by atoms with Gasteiger partial charge in [0.2, 0.25) is 17.8 Å². The molecular formula is C14H17N7O2S. The van der Waals surface area contributed by atoms with Crippen molar-refractivity contribution in [2.45, 2.75) is 17.3 Å². The topological polar surface area (TPSA) is 149 Å². The lowest BCUT2D eigenvalue weighted by atomic mass is 10.1. The number of amides is 3. The van der Waals surface area contributed by atoms with E-state index in [9.17, 15) is 9.59 Å². The van der Waals surface area contributed by atoms with Gasteiger partial charge in [-0.1, -0.05) is 42.1 Å². The highest BCUT2D eigenvalue weighted by atomic mass is 32.2. The number of anilines is 2. The van der Waals surface area contributed by atoms with Gasteiger partial charge in [0.15, 0.2) is 5.16 Å². The number of nitrogen functional groups attached to an aromatic ring is 2. The average Bonchev–Trinajstić information content (AvgIpc) is 2.52. The first-order valence-corrected chi connectivity index (χ1v) is 7.95. The van der Waals surface area contributed by atoms with Crippen molar-refractivity contribution in [2.75, 3.05) is 18.0 Å². The van der Waals surface area contributed by atoms with Crippen molar-refractivity contribution >= 4 is 35.6 Å². The van der Waals surface area contributed by atoms with Gasteiger partial charge in [0.25, 0.3) is 0 Å². The maximum absolute atomic E-state index is 12.5. The lowest BCUT2D eigenvalue weighted by Gasteiger charge is -2.15. The Morgan fingerprint density at radius 1 is 1.12 bits per heavy atom. The van der Waals surface area contributed by atoms with Gasteiger partial charge in [0.05, 0.1) is 0 Å². The van der Waals surface area contributed by atoms with Gasteiger partial charge in [-0.15, -0.1) is 0 Å². The van der Waals surface area contributed by atoms with Crippen molar-refractivity contribution in [3.8, 4) is 0 Å². The van der Waals surface area contributed by atoms with Crippen LogP contribution in [0.2, 0.25) is 0 Å². The van der Waals surface area contributed by atoms with Crippen LogP contribution in [0.1, 0.15) is 17.7 Å². The molecule has 9 nitrogen and oxygen atoms in total. The molecule has 0 unspecified atom stereocenters. The van der Waals surface area contributed by atoms with E-state index in [1.165, 1.54) is 0 Å². The highest BCUT2D eigenvalue weighted by Crippen LogP contribution is 2.33. The van der Waals surface area contributed by atoms with Crippen LogP contribution in [-0.4, -0.2) is 33.4 Å². The molecule has 0 radical (unpaired) electrons. The first-order chi connectivity index (χ1) is 11.5. The summed E-state index contributed by atoms with van der Waals surface area (Å²) < 4.78 is 0. The number of hydrogen-bond acceptors (Lipinski definition) is 8. The molecule has 0 saturated carbocycles. The molecule has 1 heterocycles. The Hall–Kier alpha value is -2.88. The van der Waals surface area contributed by atoms with Crippen molar-refractivity contribution in [1.29, 1.82) is 0 Å². The summed E-state index contributed by atoms with van der Waals surface area (Å²) in [7, 11) is 0. The van der Waals surface area contributed by atoms with Gasteiger partial charge in [-0.3, -0.25) is 10.1 Å². The van der Waals surface area contributed by atoms with Crippen LogP contribution < -0.4 is 22.1 Å². The van der Waals surface area contributed by atoms with E-state index >= 15 is 0 Å². The average molecular weight is 347 g/mol. The van der Waals surface area contributed by atoms with E-state index in [4.69, 9.17) is 11.5 Å². The second kappa shape index (κ2) is 8.11. The number of nitrogens with zero attached hydrogens (tertiary/aromatic N) is 3. The van der Waals surface area contributed by atoms with E-state index in [-0.39, 0.29) is 17.1 Å². The van der Waals surface area contributed by atoms with Crippen LogP contribution in [-0.2, 0) is 4.79 Å². The molecule has 3 amide bonds. The molecule has 126 valence electrons. The highest BCUT2D eigenvalue weighted by molar-refractivity contribution is 8.00. The van der Waals surface area contributed by atoms with Crippen LogP contribution in [0.4, 0.5) is 16.7 Å². The van der Waals surface area contributed by atoms with Gasteiger partial charge in [-0.05, 0) is 12.5 Å². The quantitative estimate of drug-likeness (QED) is 0.578. The van der Waals surface area contributed by atoms with E-state index in [0.29, 0.717) is 12.1 Å². The molecule has 24 heavy (non-hydrogen) atoms. The predicted molar refractivity (Wildman–Crippen MR) is 90.9 cm³/mol. The number of carbonyl (C=O) groups excluding carboxylic acids is 2. The number of benzene rings is 1. The summed E-state index contributed by atoms with van der Waals surface area (Å²) in [6.45, 7) is 2.16. The number of nitrogens with one attached hydrogen (secondary N) is 2. The zero-order valence-corrected chi connectivity index (χ0v) is 13.7. The first-order valence-electron chi connectivity index (χ1n) is 7.07. The van der Waals surface area contributed by atoms with Crippen LogP contribution in [0.3, 0.4) is 0 Å². The zero-order valence-electron chi connectivity index (χ0n) is 12.9. The fourth-order valence-electron chi connectivity index (χ4n) is 1.83. The SMILES string of the molecule is CCNC(=O)NC(=O)[C@H](Sc1nc(N)nc(N)n1)c1ccccc1. The maximum Gasteiger partial charge on any atom is 0.321 e. The lowest BCUT2D eigenvalue weighted by molar-refractivity contribution is -0.119. The molecule has 0 fully saturated rings. The third-order valence-corrected chi connectivity index (χ3v) is 3.90. The molecule has 6 N–H and O–H groups in total. The predicted octanol–water partition coefficient (Wildman–Crippen LogP) is 0.715. The Kier molecular flexibility index (Phi) is 5.90. The van der Waals surface area contributed by atoms with Gasteiger partial charge >= 0.3 is 6.03 Å². The van der Waals surface area contributed by atoms with Crippen molar-refractivity contribution in [3.05, 3.63) is 35.9 Å². The van der Waals surface area contributed by atoms with Gasteiger partial charge in [-0.25, -0.2) is 4.79 Å². The van der Waals surface area contributed by atoms with Crippen molar-refractivity contribution in [2.24, 2.45) is 0 Å². The molecular weight excluding hydrogens is 330 g/mol. The molecule has 0 bridgehead atoms. The van der Waals surface area contributed by atoms with Gasteiger partial charge in [0, 0.05) is 6.54 Å². The van der Waals surface area contributed by atoms with Crippen molar-refractivity contribution < 1.29 is 9.59 Å². The minimum Gasteiger partial charge on any atom is -0.368 e. The molecule has 2 aromatic rings. The molecule has 0 saturated heterocycles. The second-order valence-electron chi connectivity index (χ2n) is 4.59. The molecule has 0 aliphatic carbocycles. The van der Waals surface area contributed by atoms with Gasteiger partial charge in [0.1, 0.15) is 5.25 Å². The molecule has 1 aromatic heterocycles. The molecule has 2 rings (SSSR count). The normalized spacial score (nSPS) is 11.5. The number of aromatic nitrogens is 3. The van der Waals surface area contributed by atoms with E-state index in [1.54, 1.807) is 31.2 Å². The number of hydrogen-bond donors (Lipinski definition) is 4. The summed E-state index contributed by atoms with van der Waals surface area (Å²) in [6.07, 6.45) is 0. The van der Waals surface area contributed by atoms with Crippen LogP contribution in [0.5, 0.6) is 0 Å². The fraction of sp³-hybridized carbons (Fsp3) is 0.214. The monoisotopic (exact) mass is 347 g/mol. The molecule has 1 atom stereocenters. The minimum absolute atomic E-state index is 0.0408. The molecule has 0 aliphatic rings. The Balaban J connectivity index is 2.26. The number of rotatable bonds is 5. The Labute approximate surface area is 142 Å². The van der Waals surface area contributed by atoms with Crippen LogP contribution in [0.15, 0.2) is 35.5 Å². The van der Waals surface area contributed by atoms with E-state index < -0.39 is 17.2 Å². The van der Waals surface area contributed by atoms with Crippen molar-refractivity contribution in [3.63, 3.8) is 0 Å². The number of nitrogens with two attached hydrogens (primary N) is 2. The van der Waals surface area contributed by atoms with Crippen LogP contribution in [0, 0.1) is 0 Å². The minimum atomic E-state index is -0.755. The zero-order chi connectivity index (χ0) is 17.5. The first kappa shape index (κ1) is 17.5. The summed E-state index contributed by atoms with van der Waals surface area (Å²) in [5, 5.41) is 4.23. The molecule has 0 spiro atoms. The van der Waals surface area contributed by atoms with E-state index in [1.807, 2.05) is 6.07 Å². The highest BCUT2D eigenvalue weighted by Gasteiger charge is 2.25. The third kappa shape index (κ3) is 4.81. The third-order valence-electron chi connectivity index (χ3n) is 2.79. The number of urea groups is 1. The molecule has 10 heteroatoms. The molecule has 1 aromatic carbocycles. The fourth-order valence-corrected chi connectivity index (χ4v) is 2.79.